The Morgan fingerprint density at radius 3 is 2.29 bits per heavy atom. The van der Waals surface area contributed by atoms with Gasteiger partial charge in [0.25, 0.3) is 0 Å². The second-order valence-electron chi connectivity index (χ2n) is 3.37. The molecule has 0 fully saturated rings. The molecule has 0 aromatic carbocycles. The zero-order valence-corrected chi connectivity index (χ0v) is 9.74. The first-order valence-electron chi connectivity index (χ1n) is 4.65. The van der Waals surface area contributed by atoms with Crippen molar-refractivity contribution in [3.8, 4) is 0 Å². The van der Waals surface area contributed by atoms with Crippen LogP contribution in [0.25, 0.3) is 0 Å². The summed E-state index contributed by atoms with van der Waals surface area (Å²) in [6, 6.07) is 0. The maximum absolute atomic E-state index is 11.1. The van der Waals surface area contributed by atoms with E-state index >= 15 is 0 Å². The quantitative estimate of drug-likeness (QED) is 0.642. The third-order valence-electron chi connectivity index (χ3n) is 1.92. The van der Waals surface area contributed by atoms with Gasteiger partial charge in [-0.15, -0.1) is 0 Å². The molecule has 0 spiro atoms. The maximum Gasteiger partial charge on any atom is 0.472 e. The van der Waals surface area contributed by atoms with Gasteiger partial charge in [-0.25, -0.2) is 4.57 Å². The zero-order valence-electron chi connectivity index (χ0n) is 8.84. The second kappa shape index (κ2) is 6.53. The topological polar surface area (TPSA) is 76.0 Å². The molecule has 0 rings (SSSR count). The lowest BCUT2D eigenvalue weighted by atomic mass is 9.98. The van der Waals surface area contributed by atoms with Crippen LogP contribution in [-0.4, -0.2) is 29.8 Å². The molecule has 0 aromatic heterocycles. The first kappa shape index (κ1) is 14.1. The largest absolute Gasteiger partial charge is 0.472 e. The van der Waals surface area contributed by atoms with E-state index < -0.39 is 7.82 Å². The van der Waals surface area contributed by atoms with Gasteiger partial charge in [0, 0.05) is 12.5 Å². The molecule has 6 heteroatoms. The number of aliphatic hydroxyl groups excluding tert-OH is 1. The molecule has 0 radical (unpaired) electrons. The summed E-state index contributed by atoms with van der Waals surface area (Å²) in [7, 11) is -3.91. The van der Waals surface area contributed by atoms with E-state index in [-0.39, 0.29) is 31.7 Å². The van der Waals surface area contributed by atoms with Crippen molar-refractivity contribution in [1.29, 1.82) is 0 Å². The van der Waals surface area contributed by atoms with Crippen molar-refractivity contribution in [3.05, 3.63) is 0 Å². The molecule has 0 saturated heterocycles. The van der Waals surface area contributed by atoms with Gasteiger partial charge in [-0.3, -0.25) is 9.05 Å². The van der Waals surface area contributed by atoms with Crippen molar-refractivity contribution in [3.63, 3.8) is 0 Å². The third kappa shape index (κ3) is 5.73. The summed E-state index contributed by atoms with van der Waals surface area (Å²) >= 11 is 0. The van der Waals surface area contributed by atoms with E-state index in [0.717, 1.165) is 0 Å². The molecule has 0 aliphatic heterocycles. The number of aliphatic hydroxyl groups is 1. The van der Waals surface area contributed by atoms with E-state index in [0.29, 0.717) is 0 Å². The monoisotopic (exact) mass is 226 g/mol. The fourth-order valence-corrected chi connectivity index (χ4v) is 1.63. The Morgan fingerprint density at radius 1 is 1.36 bits per heavy atom. The van der Waals surface area contributed by atoms with Crippen molar-refractivity contribution < 1.29 is 23.6 Å². The van der Waals surface area contributed by atoms with Crippen molar-refractivity contribution >= 4 is 7.82 Å². The normalized spacial score (nSPS) is 18.1. The first-order chi connectivity index (χ1) is 6.43. The maximum atomic E-state index is 11.1. The Hall–Kier alpha value is 0.0700. The lowest BCUT2D eigenvalue weighted by Gasteiger charge is -2.19. The van der Waals surface area contributed by atoms with Gasteiger partial charge in [-0.2, -0.15) is 0 Å². The lowest BCUT2D eigenvalue weighted by molar-refractivity contribution is 0.0923. The summed E-state index contributed by atoms with van der Waals surface area (Å²) in [5, 5.41) is 8.93. The van der Waals surface area contributed by atoms with Gasteiger partial charge < -0.3 is 10.00 Å². The molecular formula is C8H19O5P. The number of hydrogen-bond acceptors (Lipinski definition) is 4. The van der Waals surface area contributed by atoms with Gasteiger partial charge in [-0.05, 0) is 12.8 Å². The van der Waals surface area contributed by atoms with E-state index in [1.54, 1.807) is 6.92 Å². The van der Waals surface area contributed by atoms with Crippen LogP contribution in [0.1, 0.15) is 20.8 Å². The van der Waals surface area contributed by atoms with Crippen LogP contribution in [0.2, 0.25) is 0 Å². The summed E-state index contributed by atoms with van der Waals surface area (Å²) in [6.07, 6.45) is 0. The van der Waals surface area contributed by atoms with Crippen LogP contribution in [0.5, 0.6) is 0 Å². The van der Waals surface area contributed by atoms with Crippen molar-refractivity contribution in [2.24, 2.45) is 11.8 Å². The highest BCUT2D eigenvalue weighted by molar-refractivity contribution is 7.47. The molecule has 0 saturated carbocycles. The fourth-order valence-electron chi connectivity index (χ4n) is 0.846. The minimum absolute atomic E-state index is 0.0297. The molecule has 0 aliphatic rings. The summed E-state index contributed by atoms with van der Waals surface area (Å²) in [5.41, 5.74) is 0. The molecular weight excluding hydrogens is 207 g/mol. The summed E-state index contributed by atoms with van der Waals surface area (Å²) < 4.78 is 20.3. The molecule has 14 heavy (non-hydrogen) atoms. The molecule has 2 atom stereocenters. The summed E-state index contributed by atoms with van der Waals surface area (Å²) in [4.78, 5) is 9.07. The van der Waals surface area contributed by atoms with Gasteiger partial charge in [0.1, 0.15) is 0 Å². The van der Waals surface area contributed by atoms with Gasteiger partial charge in [0.2, 0.25) is 0 Å². The van der Waals surface area contributed by atoms with Crippen molar-refractivity contribution in [1.82, 2.24) is 0 Å². The number of phosphoric ester groups is 1. The third-order valence-corrected chi connectivity index (χ3v) is 2.98. The van der Waals surface area contributed by atoms with Crippen LogP contribution in [0.3, 0.4) is 0 Å². The highest BCUT2D eigenvalue weighted by Gasteiger charge is 2.23. The van der Waals surface area contributed by atoms with Gasteiger partial charge in [0.05, 0.1) is 13.2 Å². The zero-order chi connectivity index (χ0) is 11.2. The number of hydrogen-bond donors (Lipinski definition) is 2. The van der Waals surface area contributed by atoms with Gasteiger partial charge >= 0.3 is 7.82 Å². The average molecular weight is 226 g/mol. The highest BCUT2D eigenvalue weighted by atomic mass is 31.2. The Balaban J connectivity index is 3.96. The molecule has 2 N–H and O–H groups in total. The summed E-state index contributed by atoms with van der Waals surface area (Å²) in [6.45, 7) is 5.52. The first-order valence-corrected chi connectivity index (χ1v) is 6.15. The highest BCUT2D eigenvalue weighted by Crippen LogP contribution is 2.43. The Bertz CT molecular complexity index is 194. The SMILES string of the molecule is CCOP(=O)(O)OCC(CO)C(C)C. The van der Waals surface area contributed by atoms with Crippen molar-refractivity contribution in [2.45, 2.75) is 20.8 Å². The summed E-state index contributed by atoms with van der Waals surface area (Å²) in [5.74, 6) is 0.0533. The molecule has 0 bridgehead atoms. The molecule has 0 aromatic rings. The Kier molecular flexibility index (Phi) is 6.57. The van der Waals surface area contributed by atoms with Crippen LogP contribution in [0.15, 0.2) is 0 Å². The van der Waals surface area contributed by atoms with Crippen LogP contribution in [0, 0.1) is 11.8 Å². The standard InChI is InChI=1S/C8H19O5P/c1-4-12-14(10,11)13-6-8(5-9)7(2)3/h7-9H,4-6H2,1-3H3,(H,10,11). The Morgan fingerprint density at radius 2 is 1.93 bits per heavy atom. The van der Waals surface area contributed by atoms with Gasteiger partial charge in [0.15, 0.2) is 0 Å². The average Bonchev–Trinajstić information content (AvgIpc) is 2.04. The molecule has 0 aliphatic carbocycles. The van der Waals surface area contributed by atoms with E-state index in [2.05, 4.69) is 4.52 Å². The smallest absolute Gasteiger partial charge is 0.396 e. The Labute approximate surface area is 84.7 Å². The van der Waals surface area contributed by atoms with Crippen LogP contribution in [0.4, 0.5) is 0 Å². The number of rotatable bonds is 7. The van der Waals surface area contributed by atoms with E-state index in [4.69, 9.17) is 14.5 Å². The molecule has 2 unspecified atom stereocenters. The predicted octanol–water partition coefficient (Wildman–Crippen LogP) is 1.40. The number of phosphoric acid groups is 1. The minimum Gasteiger partial charge on any atom is -0.396 e. The second-order valence-corrected chi connectivity index (χ2v) is 4.82. The fraction of sp³-hybridized carbons (Fsp3) is 1.00. The van der Waals surface area contributed by atoms with Gasteiger partial charge in [-0.1, -0.05) is 13.8 Å². The molecule has 86 valence electrons. The molecule has 0 amide bonds. The molecule has 5 nitrogen and oxygen atoms in total. The van der Waals surface area contributed by atoms with E-state index in [1.165, 1.54) is 0 Å². The van der Waals surface area contributed by atoms with Crippen LogP contribution >= 0.6 is 7.82 Å². The van der Waals surface area contributed by atoms with Crippen molar-refractivity contribution in [2.75, 3.05) is 19.8 Å². The van der Waals surface area contributed by atoms with E-state index in [1.807, 2.05) is 13.8 Å². The van der Waals surface area contributed by atoms with E-state index in [9.17, 15) is 4.57 Å². The minimum atomic E-state index is -3.91. The molecule has 0 heterocycles. The lowest BCUT2D eigenvalue weighted by Crippen LogP contribution is -2.19. The van der Waals surface area contributed by atoms with Crippen LogP contribution < -0.4 is 0 Å². The van der Waals surface area contributed by atoms with Crippen LogP contribution in [-0.2, 0) is 13.6 Å². The predicted molar refractivity (Wildman–Crippen MR) is 52.8 cm³/mol.